The van der Waals surface area contributed by atoms with Gasteiger partial charge in [-0.15, -0.1) is 0 Å². The molecule has 0 fully saturated rings. The van der Waals surface area contributed by atoms with E-state index in [-0.39, 0.29) is 6.61 Å². The molecule has 2 aromatic carbocycles. The number of carboxylic acid groups (broad SMARTS) is 1. The van der Waals surface area contributed by atoms with Crippen LogP contribution in [0, 0.1) is 0 Å². The third-order valence-corrected chi connectivity index (χ3v) is 5.20. The maximum absolute atomic E-state index is 10.8. The number of benzene rings is 2. The zero-order chi connectivity index (χ0) is 22.2. The third kappa shape index (κ3) is 5.60. The van der Waals surface area contributed by atoms with E-state index in [9.17, 15) is 4.79 Å². The Hall–Kier alpha value is -3.93. The zero-order valence-electron chi connectivity index (χ0n) is 17.6. The fourth-order valence-corrected chi connectivity index (χ4v) is 3.66. The number of nitrogens with zero attached hydrogens (tertiary/aromatic N) is 2. The molecule has 0 radical (unpaired) electrons. The van der Waals surface area contributed by atoms with Crippen molar-refractivity contribution in [2.24, 2.45) is 5.16 Å². The molecule has 1 aromatic heterocycles. The molecule has 3 aromatic rings. The van der Waals surface area contributed by atoms with E-state index < -0.39 is 5.97 Å². The molecular formula is C26H24N2O4. The molecule has 0 saturated heterocycles. The first kappa shape index (κ1) is 21.3. The van der Waals surface area contributed by atoms with Crippen LogP contribution in [0.4, 0.5) is 0 Å². The molecule has 0 aliphatic heterocycles. The number of carboxylic acids is 1. The first-order chi connectivity index (χ1) is 15.7. The Labute approximate surface area is 186 Å². The molecule has 1 aliphatic rings. The van der Waals surface area contributed by atoms with Crippen LogP contribution in [0.5, 0.6) is 5.75 Å². The zero-order valence-corrected chi connectivity index (χ0v) is 17.6. The van der Waals surface area contributed by atoms with E-state index >= 15 is 0 Å². The van der Waals surface area contributed by atoms with Gasteiger partial charge in [0, 0.05) is 24.4 Å². The highest BCUT2D eigenvalue weighted by Gasteiger charge is 2.16. The van der Waals surface area contributed by atoms with Crippen molar-refractivity contribution in [1.82, 2.24) is 4.98 Å². The highest BCUT2D eigenvalue weighted by atomic mass is 16.6. The summed E-state index contributed by atoms with van der Waals surface area (Å²) >= 11 is 0. The van der Waals surface area contributed by atoms with Gasteiger partial charge in [-0.1, -0.05) is 59.8 Å². The molecule has 0 atom stereocenters. The monoisotopic (exact) mass is 428 g/mol. The lowest BCUT2D eigenvalue weighted by Gasteiger charge is -2.19. The molecule has 1 heterocycles. The van der Waals surface area contributed by atoms with Crippen molar-refractivity contribution >= 4 is 17.8 Å². The second-order valence-corrected chi connectivity index (χ2v) is 7.52. The van der Waals surface area contributed by atoms with Crippen molar-refractivity contribution in [2.45, 2.75) is 19.3 Å². The normalized spacial score (nSPS) is 13.1. The molecule has 1 aliphatic carbocycles. The van der Waals surface area contributed by atoms with Crippen molar-refractivity contribution in [3.05, 3.63) is 101 Å². The number of hydrogen-bond donors (Lipinski definition) is 1. The molecule has 1 N–H and O–H groups in total. The summed E-state index contributed by atoms with van der Waals surface area (Å²) in [6, 6.07) is 19.6. The summed E-state index contributed by atoms with van der Waals surface area (Å²) in [5.74, 6) is -0.358. The van der Waals surface area contributed by atoms with E-state index in [1.807, 2.05) is 66.9 Å². The molecule has 0 saturated carbocycles. The average Bonchev–Trinajstić information content (AvgIpc) is 2.83. The molecule has 6 nitrogen and oxygen atoms in total. The summed E-state index contributed by atoms with van der Waals surface area (Å²) in [6.07, 6.45) is 7.87. The number of aliphatic carboxylic acids is 1. The Kier molecular flexibility index (Phi) is 6.92. The number of rotatable bonds is 9. The van der Waals surface area contributed by atoms with Gasteiger partial charge < -0.3 is 14.7 Å². The Balaban J connectivity index is 1.47. The summed E-state index contributed by atoms with van der Waals surface area (Å²) in [4.78, 5) is 20.8. The van der Waals surface area contributed by atoms with Gasteiger partial charge in [-0.3, -0.25) is 4.98 Å². The van der Waals surface area contributed by atoms with Gasteiger partial charge in [-0.25, -0.2) is 4.79 Å². The second-order valence-electron chi connectivity index (χ2n) is 7.52. The maximum atomic E-state index is 10.8. The maximum Gasteiger partial charge on any atom is 0.341 e. The molecule has 0 bridgehead atoms. The van der Waals surface area contributed by atoms with Gasteiger partial charge in [-0.05, 0) is 47.2 Å². The van der Waals surface area contributed by atoms with Crippen molar-refractivity contribution in [1.29, 1.82) is 0 Å². The molecule has 0 spiro atoms. The van der Waals surface area contributed by atoms with Gasteiger partial charge in [0.15, 0.2) is 6.61 Å². The van der Waals surface area contributed by atoms with Crippen LogP contribution in [-0.2, 0) is 22.5 Å². The molecule has 4 rings (SSSR count). The van der Waals surface area contributed by atoms with Crippen LogP contribution < -0.4 is 4.74 Å². The van der Waals surface area contributed by atoms with E-state index in [4.69, 9.17) is 14.7 Å². The van der Waals surface area contributed by atoms with Crippen LogP contribution in [0.25, 0.3) is 6.08 Å². The molecule has 6 heteroatoms. The lowest BCUT2D eigenvalue weighted by Crippen LogP contribution is -2.12. The fourth-order valence-electron chi connectivity index (χ4n) is 3.66. The van der Waals surface area contributed by atoms with Crippen LogP contribution in [0.15, 0.2) is 83.8 Å². The van der Waals surface area contributed by atoms with Crippen LogP contribution in [-0.4, -0.2) is 35.0 Å². The Morgan fingerprint density at radius 3 is 2.69 bits per heavy atom. The highest BCUT2D eigenvalue weighted by Crippen LogP contribution is 2.31. The average molecular weight is 428 g/mol. The van der Waals surface area contributed by atoms with Gasteiger partial charge in [0.05, 0.1) is 5.71 Å². The highest BCUT2D eigenvalue weighted by molar-refractivity contribution is 6.01. The van der Waals surface area contributed by atoms with E-state index in [1.165, 1.54) is 0 Å². The number of carbonyl (C=O) groups is 1. The van der Waals surface area contributed by atoms with Crippen molar-refractivity contribution in [2.75, 3.05) is 13.2 Å². The minimum absolute atomic E-state index is 0.343. The van der Waals surface area contributed by atoms with Crippen LogP contribution >= 0.6 is 0 Å². The summed E-state index contributed by atoms with van der Waals surface area (Å²) in [5, 5.41) is 13.3. The molecule has 32 heavy (non-hydrogen) atoms. The standard InChI is InChI=1S/C26H24N2O4/c29-26(30)18-31-25-10-4-9-22-14-20(11-12-23(22)25)17-32-28-24(21-7-2-1-3-8-21)15-19-6-5-13-27-16-19/h1-10,13-14,16H,11-12,15,17-18H2,(H,29,30)/b28-24+. The summed E-state index contributed by atoms with van der Waals surface area (Å²) in [7, 11) is 0. The number of oxime groups is 1. The van der Waals surface area contributed by atoms with Crippen molar-refractivity contribution in [3.8, 4) is 5.75 Å². The number of pyridine rings is 1. The predicted molar refractivity (Wildman–Crippen MR) is 123 cm³/mol. The van der Waals surface area contributed by atoms with Crippen LogP contribution in [0.1, 0.15) is 28.7 Å². The van der Waals surface area contributed by atoms with E-state index in [0.29, 0.717) is 18.8 Å². The predicted octanol–water partition coefficient (Wildman–Crippen LogP) is 4.54. The Morgan fingerprint density at radius 1 is 1.03 bits per heavy atom. The van der Waals surface area contributed by atoms with E-state index in [2.05, 4.69) is 16.2 Å². The lowest BCUT2D eigenvalue weighted by molar-refractivity contribution is -0.139. The van der Waals surface area contributed by atoms with Crippen molar-refractivity contribution < 1.29 is 19.5 Å². The molecule has 0 unspecified atom stereocenters. The number of hydrogen-bond acceptors (Lipinski definition) is 5. The Bertz CT molecular complexity index is 1130. The quantitative estimate of drug-likeness (QED) is 0.400. The number of ether oxygens (including phenoxy) is 1. The second kappa shape index (κ2) is 10.4. The summed E-state index contributed by atoms with van der Waals surface area (Å²) in [5.41, 5.74) is 6.12. The van der Waals surface area contributed by atoms with Gasteiger partial charge in [0.25, 0.3) is 0 Å². The smallest absolute Gasteiger partial charge is 0.341 e. The SMILES string of the molecule is O=C(O)COc1cccc2c1CCC(CO/N=C(\Cc1cccnc1)c1ccccc1)=C2. The topological polar surface area (TPSA) is 81.0 Å². The minimum Gasteiger partial charge on any atom is -0.482 e. The van der Waals surface area contributed by atoms with Crippen LogP contribution in [0.3, 0.4) is 0 Å². The summed E-state index contributed by atoms with van der Waals surface area (Å²) < 4.78 is 5.43. The first-order valence-corrected chi connectivity index (χ1v) is 10.5. The number of fused-ring (bicyclic) bond motifs is 1. The largest absolute Gasteiger partial charge is 0.482 e. The van der Waals surface area contributed by atoms with E-state index in [0.717, 1.165) is 46.4 Å². The van der Waals surface area contributed by atoms with Gasteiger partial charge in [-0.2, -0.15) is 0 Å². The summed E-state index contributed by atoms with van der Waals surface area (Å²) in [6.45, 7) is 0.0487. The van der Waals surface area contributed by atoms with Gasteiger partial charge in [0.1, 0.15) is 12.4 Å². The van der Waals surface area contributed by atoms with Crippen LogP contribution in [0.2, 0.25) is 0 Å². The van der Waals surface area contributed by atoms with Crippen molar-refractivity contribution in [3.63, 3.8) is 0 Å². The lowest BCUT2D eigenvalue weighted by atomic mass is 9.92. The minimum atomic E-state index is -0.985. The van der Waals surface area contributed by atoms with E-state index in [1.54, 1.807) is 6.20 Å². The van der Waals surface area contributed by atoms with Gasteiger partial charge >= 0.3 is 5.97 Å². The van der Waals surface area contributed by atoms with Gasteiger partial charge in [0.2, 0.25) is 0 Å². The first-order valence-electron chi connectivity index (χ1n) is 10.5. The molecule has 0 amide bonds. The third-order valence-electron chi connectivity index (χ3n) is 5.20. The Morgan fingerprint density at radius 2 is 1.91 bits per heavy atom. The number of aromatic nitrogens is 1. The fraction of sp³-hybridized carbons (Fsp3) is 0.192. The molecule has 162 valence electrons. The molecular weight excluding hydrogens is 404 g/mol.